The smallest absolute Gasteiger partial charge is 0.231 e. The minimum Gasteiger partial charge on any atom is -0.311 e. The Bertz CT molecular complexity index is 884. The Balaban J connectivity index is 1.67. The third kappa shape index (κ3) is 2.92. The third-order valence-electron chi connectivity index (χ3n) is 4.46. The summed E-state index contributed by atoms with van der Waals surface area (Å²) in [5.41, 5.74) is 2.16. The molecule has 1 amide bonds. The van der Waals surface area contributed by atoms with E-state index in [1.807, 2.05) is 47.0 Å². The van der Waals surface area contributed by atoms with Crippen LogP contribution in [0.4, 0.5) is 5.69 Å². The van der Waals surface area contributed by atoms with Crippen LogP contribution in [-0.2, 0) is 11.2 Å². The van der Waals surface area contributed by atoms with E-state index in [0.29, 0.717) is 6.42 Å². The van der Waals surface area contributed by atoms with Gasteiger partial charge in [-0.15, -0.1) is 11.8 Å². The molecule has 1 aliphatic heterocycles. The zero-order chi connectivity index (χ0) is 16.4. The highest BCUT2D eigenvalue weighted by Gasteiger charge is 2.21. The van der Waals surface area contributed by atoms with Crippen LogP contribution in [0.3, 0.4) is 0 Å². The molecular formula is C21H19NOS. The van der Waals surface area contributed by atoms with Crippen LogP contribution in [0.1, 0.15) is 12.0 Å². The molecule has 24 heavy (non-hydrogen) atoms. The van der Waals surface area contributed by atoms with Crippen LogP contribution in [-0.4, -0.2) is 18.2 Å². The summed E-state index contributed by atoms with van der Waals surface area (Å²) in [4.78, 5) is 16.2. The van der Waals surface area contributed by atoms with E-state index in [9.17, 15) is 4.79 Å². The molecule has 3 aromatic carbocycles. The lowest BCUT2D eigenvalue weighted by Gasteiger charge is -2.23. The molecular weight excluding hydrogens is 314 g/mol. The quantitative estimate of drug-likeness (QED) is 0.664. The lowest BCUT2D eigenvalue weighted by molar-refractivity contribution is -0.118. The first-order chi connectivity index (χ1) is 11.8. The van der Waals surface area contributed by atoms with Crippen molar-refractivity contribution in [2.75, 3.05) is 17.2 Å². The van der Waals surface area contributed by atoms with E-state index in [0.717, 1.165) is 30.0 Å². The van der Waals surface area contributed by atoms with Crippen molar-refractivity contribution < 1.29 is 4.79 Å². The number of amides is 1. The molecule has 0 saturated carbocycles. The predicted molar refractivity (Wildman–Crippen MR) is 102 cm³/mol. The molecule has 0 spiro atoms. The number of benzene rings is 3. The van der Waals surface area contributed by atoms with Gasteiger partial charge in [-0.2, -0.15) is 0 Å². The maximum absolute atomic E-state index is 13.0. The Morgan fingerprint density at radius 1 is 0.958 bits per heavy atom. The molecule has 0 N–H and O–H groups in total. The highest BCUT2D eigenvalue weighted by molar-refractivity contribution is 7.99. The van der Waals surface area contributed by atoms with Crippen LogP contribution in [0.2, 0.25) is 0 Å². The summed E-state index contributed by atoms with van der Waals surface area (Å²) in [5, 5.41) is 2.36. The van der Waals surface area contributed by atoms with Crippen molar-refractivity contribution in [1.82, 2.24) is 0 Å². The largest absolute Gasteiger partial charge is 0.311 e. The van der Waals surface area contributed by atoms with E-state index in [2.05, 4.69) is 36.4 Å². The van der Waals surface area contributed by atoms with E-state index in [1.54, 1.807) is 0 Å². The first-order valence-corrected chi connectivity index (χ1v) is 9.30. The fourth-order valence-corrected chi connectivity index (χ4v) is 4.29. The first kappa shape index (κ1) is 15.3. The summed E-state index contributed by atoms with van der Waals surface area (Å²) in [6.45, 7) is 0.799. The van der Waals surface area contributed by atoms with Gasteiger partial charge in [0.1, 0.15) is 0 Å². The van der Waals surface area contributed by atoms with E-state index < -0.39 is 0 Å². The summed E-state index contributed by atoms with van der Waals surface area (Å²) < 4.78 is 0. The molecule has 0 aromatic heterocycles. The average Bonchev–Trinajstić information content (AvgIpc) is 2.84. The van der Waals surface area contributed by atoms with Gasteiger partial charge in [-0.25, -0.2) is 0 Å². The van der Waals surface area contributed by atoms with Gasteiger partial charge in [0.25, 0.3) is 0 Å². The van der Waals surface area contributed by atoms with Crippen LogP contribution >= 0.6 is 11.8 Å². The number of nitrogens with zero attached hydrogens (tertiary/aromatic N) is 1. The molecule has 0 saturated heterocycles. The number of carbonyl (C=O) groups excluding carboxylic acids is 1. The van der Waals surface area contributed by atoms with Gasteiger partial charge in [0, 0.05) is 11.4 Å². The Morgan fingerprint density at radius 2 is 1.75 bits per heavy atom. The Morgan fingerprint density at radius 3 is 2.71 bits per heavy atom. The molecule has 0 bridgehead atoms. The maximum atomic E-state index is 13.0. The number of anilines is 1. The fraction of sp³-hybridized carbons (Fsp3) is 0.190. The molecule has 0 unspecified atom stereocenters. The highest BCUT2D eigenvalue weighted by Crippen LogP contribution is 2.34. The van der Waals surface area contributed by atoms with Gasteiger partial charge < -0.3 is 4.90 Å². The maximum Gasteiger partial charge on any atom is 0.231 e. The second-order valence-electron chi connectivity index (χ2n) is 6.03. The zero-order valence-electron chi connectivity index (χ0n) is 13.4. The fourth-order valence-electron chi connectivity index (χ4n) is 3.29. The summed E-state index contributed by atoms with van der Waals surface area (Å²) in [6, 6.07) is 22.7. The van der Waals surface area contributed by atoms with Gasteiger partial charge in [0.05, 0.1) is 12.1 Å². The third-order valence-corrected chi connectivity index (χ3v) is 5.61. The number of rotatable bonds is 2. The molecule has 1 aliphatic rings. The van der Waals surface area contributed by atoms with Gasteiger partial charge in [-0.3, -0.25) is 4.79 Å². The summed E-state index contributed by atoms with van der Waals surface area (Å²) in [5.74, 6) is 1.25. The number of thioether (sulfide) groups is 1. The molecule has 2 nitrogen and oxygen atoms in total. The van der Waals surface area contributed by atoms with Crippen LogP contribution < -0.4 is 4.90 Å². The molecule has 0 atom stereocenters. The minimum absolute atomic E-state index is 0.182. The van der Waals surface area contributed by atoms with Crippen molar-refractivity contribution in [1.29, 1.82) is 0 Å². The van der Waals surface area contributed by atoms with Gasteiger partial charge in [-0.05, 0) is 40.6 Å². The number of para-hydroxylation sites is 1. The van der Waals surface area contributed by atoms with Crippen LogP contribution in [0.15, 0.2) is 71.6 Å². The number of fused-ring (bicyclic) bond motifs is 2. The lowest BCUT2D eigenvalue weighted by atomic mass is 10.0. The average molecular weight is 333 g/mol. The van der Waals surface area contributed by atoms with E-state index in [-0.39, 0.29) is 5.91 Å². The Kier molecular flexibility index (Phi) is 4.26. The van der Waals surface area contributed by atoms with Crippen molar-refractivity contribution in [3.63, 3.8) is 0 Å². The molecule has 0 aliphatic carbocycles. The normalized spacial score (nSPS) is 14.2. The van der Waals surface area contributed by atoms with E-state index >= 15 is 0 Å². The molecule has 4 rings (SSSR count). The molecule has 0 radical (unpaired) electrons. The Hall–Kier alpha value is -2.26. The predicted octanol–water partition coefficient (Wildman–Crippen LogP) is 4.91. The standard InChI is InChI=1S/C21H19NOS/c23-21(15-17-9-5-8-16-7-1-2-10-18(16)17)22-13-6-14-24-20-12-4-3-11-19(20)22/h1-5,7-12H,6,13-15H2. The van der Waals surface area contributed by atoms with E-state index in [1.165, 1.54) is 15.7 Å². The van der Waals surface area contributed by atoms with Crippen molar-refractivity contribution in [3.8, 4) is 0 Å². The van der Waals surface area contributed by atoms with Crippen molar-refractivity contribution in [2.45, 2.75) is 17.7 Å². The van der Waals surface area contributed by atoms with Crippen molar-refractivity contribution in [3.05, 3.63) is 72.3 Å². The van der Waals surface area contributed by atoms with Crippen molar-refractivity contribution in [2.24, 2.45) is 0 Å². The molecule has 3 heteroatoms. The van der Waals surface area contributed by atoms with Crippen LogP contribution in [0.5, 0.6) is 0 Å². The van der Waals surface area contributed by atoms with Gasteiger partial charge in [-0.1, -0.05) is 54.6 Å². The molecule has 120 valence electrons. The Labute approximate surface area is 146 Å². The summed E-state index contributed by atoms with van der Waals surface area (Å²) in [7, 11) is 0. The SMILES string of the molecule is O=C(Cc1cccc2ccccc12)N1CCCSc2ccccc21. The van der Waals surface area contributed by atoms with Gasteiger partial charge in [0.2, 0.25) is 5.91 Å². The van der Waals surface area contributed by atoms with Gasteiger partial charge >= 0.3 is 0 Å². The highest BCUT2D eigenvalue weighted by atomic mass is 32.2. The van der Waals surface area contributed by atoms with Crippen LogP contribution in [0, 0.1) is 0 Å². The van der Waals surface area contributed by atoms with Gasteiger partial charge in [0.15, 0.2) is 0 Å². The summed E-state index contributed by atoms with van der Waals surface area (Å²) in [6.07, 6.45) is 1.47. The number of hydrogen-bond acceptors (Lipinski definition) is 2. The lowest BCUT2D eigenvalue weighted by Crippen LogP contribution is -2.33. The second-order valence-corrected chi connectivity index (χ2v) is 7.17. The second kappa shape index (κ2) is 6.70. The number of hydrogen-bond donors (Lipinski definition) is 0. The van der Waals surface area contributed by atoms with Crippen LogP contribution in [0.25, 0.3) is 10.8 Å². The summed E-state index contributed by atoms with van der Waals surface area (Å²) >= 11 is 1.85. The molecule has 1 heterocycles. The minimum atomic E-state index is 0.182. The molecule has 3 aromatic rings. The number of carbonyl (C=O) groups is 1. The zero-order valence-corrected chi connectivity index (χ0v) is 14.3. The van der Waals surface area contributed by atoms with Crippen molar-refractivity contribution >= 4 is 34.1 Å². The molecule has 0 fully saturated rings. The topological polar surface area (TPSA) is 20.3 Å². The monoisotopic (exact) mass is 333 g/mol. The first-order valence-electron chi connectivity index (χ1n) is 8.32. The van der Waals surface area contributed by atoms with E-state index in [4.69, 9.17) is 0 Å².